The van der Waals surface area contributed by atoms with Crippen LogP contribution in [0.4, 0.5) is 0 Å². The molecule has 0 aliphatic heterocycles. The van der Waals surface area contributed by atoms with Gasteiger partial charge >= 0.3 is 0 Å². The molecule has 3 aromatic rings. The zero-order chi connectivity index (χ0) is 11.1. The highest BCUT2D eigenvalue weighted by atomic mass is 15.3. The quantitative estimate of drug-likeness (QED) is 0.668. The van der Waals surface area contributed by atoms with Crippen molar-refractivity contribution in [3.8, 4) is 11.5 Å². The number of imidazole rings is 1. The highest BCUT2D eigenvalue weighted by Gasteiger charge is 2.08. The van der Waals surface area contributed by atoms with Gasteiger partial charge in [-0.25, -0.2) is 9.97 Å². The van der Waals surface area contributed by atoms with Crippen LogP contribution in [0.15, 0.2) is 24.4 Å². The Morgan fingerprint density at radius 2 is 2.06 bits per heavy atom. The predicted octanol–water partition coefficient (Wildman–Crippen LogP) is 1.67. The van der Waals surface area contributed by atoms with Crippen molar-refractivity contribution in [3.63, 3.8) is 0 Å². The van der Waals surface area contributed by atoms with E-state index in [1.54, 1.807) is 10.9 Å². The molecule has 3 aromatic heterocycles. The van der Waals surface area contributed by atoms with Gasteiger partial charge < -0.3 is 4.98 Å². The van der Waals surface area contributed by atoms with Gasteiger partial charge in [0.25, 0.3) is 0 Å². The molecular formula is C11H11N5. The Bertz CT molecular complexity index is 649. The molecule has 0 bridgehead atoms. The Balaban J connectivity index is 2.23. The summed E-state index contributed by atoms with van der Waals surface area (Å²) in [6.45, 7) is 1.96. The van der Waals surface area contributed by atoms with E-state index in [-0.39, 0.29) is 0 Å². The fraction of sp³-hybridized carbons (Fsp3) is 0.182. The molecule has 16 heavy (non-hydrogen) atoms. The number of rotatable bonds is 1. The third-order valence-corrected chi connectivity index (χ3v) is 2.55. The number of aryl methyl sites for hydroxylation is 2. The molecule has 1 N–H and O–H groups in total. The first-order valence-corrected chi connectivity index (χ1v) is 5.06. The van der Waals surface area contributed by atoms with Crippen molar-refractivity contribution in [2.24, 2.45) is 7.05 Å². The number of aromatic nitrogens is 5. The molecule has 3 heterocycles. The smallest absolute Gasteiger partial charge is 0.178 e. The van der Waals surface area contributed by atoms with Gasteiger partial charge in [-0.3, -0.25) is 4.68 Å². The van der Waals surface area contributed by atoms with Gasteiger partial charge in [0.15, 0.2) is 11.5 Å². The normalized spacial score (nSPS) is 11.1. The van der Waals surface area contributed by atoms with Crippen LogP contribution in [-0.4, -0.2) is 24.7 Å². The van der Waals surface area contributed by atoms with E-state index in [4.69, 9.17) is 0 Å². The Hall–Kier alpha value is -2.17. The summed E-state index contributed by atoms with van der Waals surface area (Å²) in [6.07, 6.45) is 1.75. The van der Waals surface area contributed by atoms with Crippen LogP contribution in [0.5, 0.6) is 0 Å². The first kappa shape index (κ1) is 9.08. The van der Waals surface area contributed by atoms with Crippen LogP contribution in [0.1, 0.15) is 5.69 Å². The number of fused-ring (bicyclic) bond motifs is 1. The summed E-state index contributed by atoms with van der Waals surface area (Å²) in [5.74, 6) is 0.799. The molecule has 0 atom stereocenters. The van der Waals surface area contributed by atoms with E-state index in [1.807, 2.05) is 32.2 Å². The van der Waals surface area contributed by atoms with E-state index < -0.39 is 0 Å². The van der Waals surface area contributed by atoms with Gasteiger partial charge in [-0.1, -0.05) is 0 Å². The molecule has 0 unspecified atom stereocenters. The second-order valence-corrected chi connectivity index (χ2v) is 3.75. The molecule has 5 nitrogen and oxygen atoms in total. The van der Waals surface area contributed by atoms with Gasteiger partial charge in [0.05, 0.1) is 5.52 Å². The lowest BCUT2D eigenvalue weighted by molar-refractivity contribution is 0.771. The Morgan fingerprint density at radius 3 is 2.81 bits per heavy atom. The molecule has 5 heteroatoms. The van der Waals surface area contributed by atoms with Crippen molar-refractivity contribution in [2.45, 2.75) is 6.92 Å². The van der Waals surface area contributed by atoms with Gasteiger partial charge in [-0.2, -0.15) is 5.10 Å². The van der Waals surface area contributed by atoms with E-state index in [1.165, 1.54) is 0 Å². The Morgan fingerprint density at radius 1 is 1.19 bits per heavy atom. The van der Waals surface area contributed by atoms with Crippen molar-refractivity contribution < 1.29 is 0 Å². The minimum Gasteiger partial charge on any atom is -0.335 e. The zero-order valence-corrected chi connectivity index (χ0v) is 9.10. The largest absolute Gasteiger partial charge is 0.335 e. The molecule has 0 aliphatic carbocycles. The van der Waals surface area contributed by atoms with Crippen LogP contribution in [-0.2, 0) is 7.05 Å². The lowest BCUT2D eigenvalue weighted by atomic mass is 10.3. The number of pyridine rings is 1. The Labute approximate surface area is 92.2 Å². The summed E-state index contributed by atoms with van der Waals surface area (Å²) in [7, 11) is 1.89. The fourth-order valence-electron chi connectivity index (χ4n) is 1.71. The second kappa shape index (κ2) is 3.16. The molecule has 0 saturated heterocycles. The highest BCUT2D eigenvalue weighted by molar-refractivity contribution is 5.75. The fourth-order valence-corrected chi connectivity index (χ4v) is 1.71. The van der Waals surface area contributed by atoms with Crippen LogP contribution < -0.4 is 0 Å². The van der Waals surface area contributed by atoms with Crippen LogP contribution in [0.2, 0.25) is 0 Å². The van der Waals surface area contributed by atoms with Crippen LogP contribution in [0, 0.1) is 6.92 Å². The number of H-pyrrole nitrogens is 1. The zero-order valence-electron chi connectivity index (χ0n) is 9.10. The van der Waals surface area contributed by atoms with Crippen molar-refractivity contribution in [1.82, 2.24) is 24.7 Å². The molecular weight excluding hydrogens is 202 g/mol. The van der Waals surface area contributed by atoms with Crippen molar-refractivity contribution in [3.05, 3.63) is 30.1 Å². The summed E-state index contributed by atoms with van der Waals surface area (Å²) < 4.78 is 1.78. The van der Waals surface area contributed by atoms with E-state index in [2.05, 4.69) is 20.1 Å². The van der Waals surface area contributed by atoms with Gasteiger partial charge in [0.2, 0.25) is 0 Å². The van der Waals surface area contributed by atoms with Crippen molar-refractivity contribution in [1.29, 1.82) is 0 Å². The molecule has 0 amide bonds. The maximum Gasteiger partial charge on any atom is 0.178 e. The number of aromatic amines is 1. The standard InChI is InChI=1S/C11H11N5/c1-7-3-4-8-10(13-7)15-11(14-8)9-5-6-12-16(9)2/h3-6H,1-2H3,(H,13,14,15). The molecule has 0 saturated carbocycles. The molecule has 0 aromatic carbocycles. The van der Waals surface area contributed by atoms with Crippen LogP contribution in [0.3, 0.4) is 0 Å². The van der Waals surface area contributed by atoms with E-state index >= 15 is 0 Å². The summed E-state index contributed by atoms with van der Waals surface area (Å²) >= 11 is 0. The summed E-state index contributed by atoms with van der Waals surface area (Å²) in [5, 5.41) is 4.12. The number of hydrogen-bond donors (Lipinski definition) is 1. The van der Waals surface area contributed by atoms with Gasteiger partial charge in [0, 0.05) is 18.9 Å². The molecule has 0 radical (unpaired) electrons. The highest BCUT2D eigenvalue weighted by Crippen LogP contribution is 2.18. The maximum absolute atomic E-state index is 4.45. The second-order valence-electron chi connectivity index (χ2n) is 3.75. The minimum atomic E-state index is 0.746. The third-order valence-electron chi connectivity index (χ3n) is 2.55. The third kappa shape index (κ3) is 1.29. The lowest BCUT2D eigenvalue weighted by Crippen LogP contribution is -1.94. The average Bonchev–Trinajstić information content (AvgIpc) is 2.82. The lowest BCUT2D eigenvalue weighted by Gasteiger charge is -1.95. The summed E-state index contributed by atoms with van der Waals surface area (Å²) in [5.41, 5.74) is 3.62. The van der Waals surface area contributed by atoms with E-state index in [0.717, 1.165) is 28.4 Å². The van der Waals surface area contributed by atoms with Crippen LogP contribution >= 0.6 is 0 Å². The predicted molar refractivity (Wildman–Crippen MR) is 60.8 cm³/mol. The summed E-state index contributed by atoms with van der Waals surface area (Å²) in [4.78, 5) is 12.0. The number of hydrogen-bond acceptors (Lipinski definition) is 3. The molecule has 80 valence electrons. The van der Waals surface area contributed by atoms with Crippen LogP contribution in [0.25, 0.3) is 22.7 Å². The summed E-state index contributed by atoms with van der Waals surface area (Å²) in [6, 6.07) is 5.88. The average molecular weight is 213 g/mol. The van der Waals surface area contributed by atoms with Gasteiger partial charge in [0.1, 0.15) is 5.69 Å². The van der Waals surface area contributed by atoms with E-state index in [9.17, 15) is 0 Å². The maximum atomic E-state index is 4.45. The molecule has 3 rings (SSSR count). The SMILES string of the molecule is Cc1ccc2[nH]c(-c3ccnn3C)nc2n1. The van der Waals surface area contributed by atoms with Gasteiger partial charge in [-0.15, -0.1) is 0 Å². The van der Waals surface area contributed by atoms with Crippen molar-refractivity contribution in [2.75, 3.05) is 0 Å². The molecule has 0 spiro atoms. The van der Waals surface area contributed by atoms with Crippen molar-refractivity contribution >= 4 is 11.2 Å². The first-order chi connectivity index (χ1) is 7.74. The number of nitrogens with zero attached hydrogens (tertiary/aromatic N) is 4. The molecule has 0 aliphatic rings. The van der Waals surface area contributed by atoms with E-state index in [0.29, 0.717) is 0 Å². The Kier molecular flexibility index (Phi) is 1.80. The van der Waals surface area contributed by atoms with Gasteiger partial charge in [-0.05, 0) is 25.1 Å². The topological polar surface area (TPSA) is 59.4 Å². The minimum absolute atomic E-state index is 0.746. The monoisotopic (exact) mass is 213 g/mol. The number of nitrogens with one attached hydrogen (secondary N) is 1. The first-order valence-electron chi connectivity index (χ1n) is 5.06. The molecule has 0 fully saturated rings.